The van der Waals surface area contributed by atoms with Crippen LogP contribution in [0.1, 0.15) is 25.7 Å². The third-order valence-electron chi connectivity index (χ3n) is 3.38. The van der Waals surface area contributed by atoms with Crippen LogP contribution >= 0.6 is 11.6 Å². The Labute approximate surface area is 118 Å². The maximum absolute atomic E-state index is 12.0. The van der Waals surface area contributed by atoms with Gasteiger partial charge in [-0.05, 0) is 37.5 Å². The van der Waals surface area contributed by atoms with Gasteiger partial charge in [0.05, 0.1) is 11.4 Å². The minimum Gasteiger partial charge on any atom is -0.397 e. The molecule has 1 saturated heterocycles. The summed E-state index contributed by atoms with van der Waals surface area (Å²) in [5.74, 6) is 0.222. The zero-order valence-corrected chi connectivity index (χ0v) is 11.7. The molecule has 1 aliphatic rings. The fourth-order valence-electron chi connectivity index (χ4n) is 2.30. The summed E-state index contributed by atoms with van der Waals surface area (Å²) < 4.78 is 0. The quantitative estimate of drug-likeness (QED) is 0.835. The first-order valence-electron chi connectivity index (χ1n) is 6.73. The van der Waals surface area contributed by atoms with Crippen molar-refractivity contribution in [2.75, 3.05) is 30.7 Å². The van der Waals surface area contributed by atoms with E-state index in [0.29, 0.717) is 23.7 Å². The molecule has 19 heavy (non-hydrogen) atoms. The number of nitrogen functional groups attached to an aromatic ring is 1. The molecule has 0 aromatic heterocycles. The molecule has 1 fully saturated rings. The molecule has 0 saturated carbocycles. The van der Waals surface area contributed by atoms with Crippen molar-refractivity contribution in [2.45, 2.75) is 25.7 Å². The fourth-order valence-corrected chi connectivity index (χ4v) is 2.48. The number of carbonyl (C=O) groups is 1. The Kier molecular flexibility index (Phi) is 4.91. The number of halogens is 1. The molecule has 0 bridgehead atoms. The number of piperidine rings is 1. The second-order valence-corrected chi connectivity index (χ2v) is 5.29. The van der Waals surface area contributed by atoms with Gasteiger partial charge < -0.3 is 16.0 Å². The number of hydrogen-bond donors (Lipinski definition) is 2. The molecule has 1 aromatic carbocycles. The maximum Gasteiger partial charge on any atom is 0.224 e. The van der Waals surface area contributed by atoms with E-state index in [-0.39, 0.29) is 5.91 Å². The molecule has 0 spiro atoms. The van der Waals surface area contributed by atoms with E-state index in [1.165, 1.54) is 6.42 Å². The SMILES string of the molecule is Nc1cc(Cl)ccc1NCCC(=O)N1CCCCC1. The van der Waals surface area contributed by atoms with Gasteiger partial charge in [0.2, 0.25) is 5.91 Å². The van der Waals surface area contributed by atoms with Gasteiger partial charge in [0.15, 0.2) is 0 Å². The van der Waals surface area contributed by atoms with Crippen LogP contribution in [0.3, 0.4) is 0 Å². The Bertz CT molecular complexity index is 444. The molecular formula is C14H20ClN3O. The summed E-state index contributed by atoms with van der Waals surface area (Å²) in [7, 11) is 0. The second kappa shape index (κ2) is 6.66. The molecule has 3 N–H and O–H groups in total. The number of anilines is 2. The number of likely N-dealkylation sites (tertiary alicyclic amines) is 1. The molecule has 0 radical (unpaired) electrons. The van der Waals surface area contributed by atoms with Crippen molar-refractivity contribution in [1.29, 1.82) is 0 Å². The van der Waals surface area contributed by atoms with Gasteiger partial charge >= 0.3 is 0 Å². The molecule has 1 heterocycles. The molecule has 1 amide bonds. The van der Waals surface area contributed by atoms with E-state index in [0.717, 1.165) is 31.6 Å². The topological polar surface area (TPSA) is 58.4 Å². The highest BCUT2D eigenvalue weighted by atomic mass is 35.5. The summed E-state index contributed by atoms with van der Waals surface area (Å²) in [5, 5.41) is 3.80. The summed E-state index contributed by atoms with van der Waals surface area (Å²) in [6.07, 6.45) is 4.00. The number of carbonyl (C=O) groups excluding carboxylic acids is 1. The van der Waals surface area contributed by atoms with Gasteiger partial charge in [0.25, 0.3) is 0 Å². The van der Waals surface area contributed by atoms with Gasteiger partial charge in [-0.15, -0.1) is 0 Å². The van der Waals surface area contributed by atoms with Crippen molar-refractivity contribution in [1.82, 2.24) is 4.90 Å². The normalized spacial score (nSPS) is 15.3. The van der Waals surface area contributed by atoms with E-state index in [9.17, 15) is 4.79 Å². The zero-order valence-electron chi connectivity index (χ0n) is 11.0. The molecule has 0 atom stereocenters. The minimum absolute atomic E-state index is 0.222. The molecule has 0 unspecified atom stereocenters. The van der Waals surface area contributed by atoms with Crippen LogP contribution in [0.2, 0.25) is 5.02 Å². The van der Waals surface area contributed by atoms with Gasteiger partial charge in [0, 0.05) is 31.1 Å². The van der Waals surface area contributed by atoms with Crippen LogP contribution in [0, 0.1) is 0 Å². The third kappa shape index (κ3) is 4.03. The van der Waals surface area contributed by atoms with E-state index in [1.54, 1.807) is 12.1 Å². The molecular weight excluding hydrogens is 262 g/mol. The van der Waals surface area contributed by atoms with Crippen molar-refractivity contribution < 1.29 is 4.79 Å². The number of amides is 1. The van der Waals surface area contributed by atoms with Crippen LogP contribution in [0.25, 0.3) is 0 Å². The minimum atomic E-state index is 0.222. The molecule has 1 aromatic rings. The summed E-state index contributed by atoms with van der Waals surface area (Å²) >= 11 is 5.83. The lowest BCUT2D eigenvalue weighted by Gasteiger charge is -2.26. The maximum atomic E-state index is 12.0. The average Bonchev–Trinajstić information content (AvgIpc) is 2.42. The van der Waals surface area contributed by atoms with Crippen LogP contribution in [-0.2, 0) is 4.79 Å². The van der Waals surface area contributed by atoms with Crippen molar-refractivity contribution >= 4 is 28.9 Å². The highest BCUT2D eigenvalue weighted by Crippen LogP contribution is 2.22. The molecule has 4 nitrogen and oxygen atoms in total. The summed E-state index contributed by atoms with van der Waals surface area (Å²) in [4.78, 5) is 13.9. The molecule has 0 aliphatic carbocycles. The lowest BCUT2D eigenvalue weighted by atomic mass is 10.1. The lowest BCUT2D eigenvalue weighted by Crippen LogP contribution is -2.36. The van der Waals surface area contributed by atoms with Crippen LogP contribution in [0.4, 0.5) is 11.4 Å². The number of nitrogens with one attached hydrogen (secondary N) is 1. The molecule has 104 valence electrons. The Balaban J connectivity index is 1.78. The van der Waals surface area contributed by atoms with E-state index >= 15 is 0 Å². The van der Waals surface area contributed by atoms with Gasteiger partial charge in [-0.2, -0.15) is 0 Å². The van der Waals surface area contributed by atoms with Gasteiger partial charge in [-0.25, -0.2) is 0 Å². The Hall–Kier alpha value is -1.42. The van der Waals surface area contributed by atoms with E-state index in [4.69, 9.17) is 17.3 Å². The van der Waals surface area contributed by atoms with Crippen LogP contribution < -0.4 is 11.1 Å². The first-order valence-corrected chi connectivity index (χ1v) is 7.11. The number of benzene rings is 1. The summed E-state index contributed by atoms with van der Waals surface area (Å²) in [5.41, 5.74) is 7.28. The summed E-state index contributed by atoms with van der Waals surface area (Å²) in [6, 6.07) is 5.33. The number of nitrogens with two attached hydrogens (primary N) is 1. The predicted octanol–water partition coefficient (Wildman–Crippen LogP) is 2.74. The number of nitrogens with zero attached hydrogens (tertiary/aromatic N) is 1. The second-order valence-electron chi connectivity index (χ2n) is 4.85. The average molecular weight is 282 g/mol. The van der Waals surface area contributed by atoms with E-state index < -0.39 is 0 Å². The van der Waals surface area contributed by atoms with Gasteiger partial charge in [-0.3, -0.25) is 4.79 Å². The monoisotopic (exact) mass is 281 g/mol. The first-order chi connectivity index (χ1) is 9.16. The largest absolute Gasteiger partial charge is 0.397 e. The lowest BCUT2D eigenvalue weighted by molar-refractivity contribution is -0.131. The van der Waals surface area contributed by atoms with Gasteiger partial charge in [-0.1, -0.05) is 11.6 Å². The highest BCUT2D eigenvalue weighted by molar-refractivity contribution is 6.31. The van der Waals surface area contributed by atoms with Crippen LogP contribution in [0.15, 0.2) is 18.2 Å². The smallest absolute Gasteiger partial charge is 0.224 e. The van der Waals surface area contributed by atoms with Crippen molar-refractivity contribution in [3.63, 3.8) is 0 Å². The molecule has 5 heteroatoms. The Morgan fingerprint density at radius 3 is 2.74 bits per heavy atom. The standard InChI is InChI=1S/C14H20ClN3O/c15-11-4-5-13(12(16)10-11)17-7-6-14(19)18-8-2-1-3-9-18/h4-5,10,17H,1-3,6-9,16H2. The van der Waals surface area contributed by atoms with E-state index in [2.05, 4.69) is 5.32 Å². The van der Waals surface area contributed by atoms with Gasteiger partial charge in [0.1, 0.15) is 0 Å². The third-order valence-corrected chi connectivity index (χ3v) is 3.61. The highest BCUT2D eigenvalue weighted by Gasteiger charge is 2.15. The first kappa shape index (κ1) is 14.0. The summed E-state index contributed by atoms with van der Waals surface area (Å²) in [6.45, 7) is 2.41. The molecule has 1 aliphatic heterocycles. The Morgan fingerprint density at radius 1 is 1.32 bits per heavy atom. The fraction of sp³-hybridized carbons (Fsp3) is 0.500. The Morgan fingerprint density at radius 2 is 2.05 bits per heavy atom. The van der Waals surface area contributed by atoms with Crippen molar-refractivity contribution in [3.05, 3.63) is 23.2 Å². The van der Waals surface area contributed by atoms with Crippen LogP contribution in [0.5, 0.6) is 0 Å². The predicted molar refractivity (Wildman–Crippen MR) is 79.4 cm³/mol. The number of rotatable bonds is 4. The van der Waals surface area contributed by atoms with Crippen LogP contribution in [-0.4, -0.2) is 30.4 Å². The number of hydrogen-bond acceptors (Lipinski definition) is 3. The van der Waals surface area contributed by atoms with Crippen molar-refractivity contribution in [2.24, 2.45) is 0 Å². The van der Waals surface area contributed by atoms with Crippen molar-refractivity contribution in [3.8, 4) is 0 Å². The van der Waals surface area contributed by atoms with E-state index in [1.807, 2.05) is 11.0 Å². The molecule has 2 rings (SSSR count). The zero-order chi connectivity index (χ0) is 13.7.